The Morgan fingerprint density at radius 3 is 2.77 bits per heavy atom. The number of rotatable bonds is 8. The van der Waals surface area contributed by atoms with E-state index >= 15 is 0 Å². The number of thiophene rings is 1. The van der Waals surface area contributed by atoms with Gasteiger partial charge in [0, 0.05) is 48.7 Å². The molecule has 2 aliphatic heterocycles. The number of anilines is 2. The number of hydrogen-bond acceptors (Lipinski definition) is 12. The second-order valence-corrected chi connectivity index (χ2v) is 13.2. The highest BCUT2D eigenvalue weighted by atomic mass is 32.1. The Morgan fingerprint density at radius 1 is 1.30 bits per heavy atom. The third-order valence-electron chi connectivity index (χ3n) is 9.33. The molecule has 13 heteroatoms. The summed E-state index contributed by atoms with van der Waals surface area (Å²) in [5, 5.41) is 14.8. The zero-order chi connectivity index (χ0) is 31.0. The number of hydrogen-bond donors (Lipinski definition) is 1. The third-order valence-corrected chi connectivity index (χ3v) is 10.4. The largest absolute Gasteiger partial charge is 0.458 e. The predicted octanol–water partition coefficient (Wildman–Crippen LogP) is 3.77. The number of ether oxygens (including phenoxy) is 1. The molecule has 2 saturated heterocycles. The number of likely N-dealkylation sites (N-methyl/N-ethyl adjacent to an activating group) is 1. The number of aryl methyl sites for hydroxylation is 1. The van der Waals surface area contributed by atoms with Crippen LogP contribution >= 0.6 is 11.3 Å². The Kier molecular flexibility index (Phi) is 8.30. The lowest BCUT2D eigenvalue weighted by atomic mass is 9.72. The highest BCUT2D eigenvalue weighted by Crippen LogP contribution is 2.48. The minimum atomic E-state index is -0.637. The van der Waals surface area contributed by atoms with Gasteiger partial charge in [0.2, 0.25) is 17.6 Å². The Labute approximate surface area is 261 Å². The van der Waals surface area contributed by atoms with Crippen molar-refractivity contribution in [3.05, 3.63) is 40.6 Å². The average molecular weight is 618 g/mol. The number of amides is 1. The number of nitriles is 1. The summed E-state index contributed by atoms with van der Waals surface area (Å²) in [5.74, 6) is 1.37. The van der Waals surface area contributed by atoms with E-state index < -0.39 is 5.41 Å². The first-order valence-corrected chi connectivity index (χ1v) is 16.2. The first-order valence-electron chi connectivity index (χ1n) is 15.3. The number of nitrogen functional groups attached to an aromatic ring is 1. The molecule has 6 rings (SSSR count). The van der Waals surface area contributed by atoms with Crippen molar-refractivity contribution in [3.8, 4) is 23.6 Å². The number of piperazine rings is 1. The second kappa shape index (κ2) is 12.2. The quantitative estimate of drug-likeness (QED) is 0.368. The van der Waals surface area contributed by atoms with E-state index in [1.54, 1.807) is 4.90 Å². The molecule has 0 radical (unpaired) electrons. The predicted molar refractivity (Wildman–Crippen MR) is 168 cm³/mol. The summed E-state index contributed by atoms with van der Waals surface area (Å²) in [6.45, 7) is 11.1. The zero-order valence-electron chi connectivity index (χ0n) is 25.6. The Morgan fingerprint density at radius 2 is 2.09 bits per heavy atom. The van der Waals surface area contributed by atoms with E-state index in [0.29, 0.717) is 60.0 Å². The van der Waals surface area contributed by atoms with E-state index in [4.69, 9.17) is 29.9 Å². The van der Waals surface area contributed by atoms with E-state index in [1.807, 2.05) is 13.0 Å². The minimum absolute atomic E-state index is 0.0680. The van der Waals surface area contributed by atoms with Gasteiger partial charge < -0.3 is 24.8 Å². The first kappa shape index (κ1) is 30.0. The first-order chi connectivity index (χ1) is 21.2. The number of nitrogens with two attached hydrogens (primary N) is 1. The zero-order valence-corrected chi connectivity index (χ0v) is 26.4. The van der Waals surface area contributed by atoms with Crippen molar-refractivity contribution in [2.75, 3.05) is 50.4 Å². The molecular weight excluding hydrogens is 578 g/mol. The highest BCUT2D eigenvalue weighted by Gasteiger charge is 2.43. The molecule has 0 aromatic carbocycles. The van der Waals surface area contributed by atoms with Gasteiger partial charge in [-0.05, 0) is 65.1 Å². The SMILES string of the molecule is C=CC(=O)N1CCN(c2cc(-c3noc([C@@]4(C)CCCc5sc(N)c(C#N)c54)n3)nc(O[C@@H](CC)[C@@H]3CCCN3C)n2)CC1. The van der Waals surface area contributed by atoms with Crippen molar-refractivity contribution >= 4 is 28.1 Å². The molecule has 5 heterocycles. The summed E-state index contributed by atoms with van der Waals surface area (Å²) in [6.07, 6.45) is 6.86. The number of fused-ring (bicyclic) bond motifs is 1. The Hall–Kier alpha value is -4.02. The molecule has 0 saturated carbocycles. The van der Waals surface area contributed by atoms with Gasteiger partial charge in [-0.3, -0.25) is 9.69 Å². The van der Waals surface area contributed by atoms with E-state index in [-0.39, 0.29) is 24.1 Å². The lowest BCUT2D eigenvalue weighted by Gasteiger charge is -2.35. The van der Waals surface area contributed by atoms with Crippen LogP contribution in [0.2, 0.25) is 0 Å². The third kappa shape index (κ3) is 5.41. The van der Waals surface area contributed by atoms with Crippen LogP contribution in [0.3, 0.4) is 0 Å². The lowest BCUT2D eigenvalue weighted by Crippen LogP contribution is -2.48. The molecule has 12 nitrogen and oxygen atoms in total. The molecule has 2 fully saturated rings. The minimum Gasteiger partial charge on any atom is -0.458 e. The average Bonchev–Trinajstić information content (AvgIpc) is 3.78. The van der Waals surface area contributed by atoms with Crippen molar-refractivity contribution in [1.29, 1.82) is 5.26 Å². The molecule has 0 unspecified atom stereocenters. The van der Waals surface area contributed by atoms with Crippen LogP contribution in [0.15, 0.2) is 23.2 Å². The van der Waals surface area contributed by atoms with Crippen LogP contribution in [0, 0.1) is 11.3 Å². The molecule has 3 aromatic rings. The van der Waals surface area contributed by atoms with E-state index in [1.165, 1.54) is 17.4 Å². The molecule has 0 spiro atoms. The second-order valence-electron chi connectivity index (χ2n) is 12.0. The lowest BCUT2D eigenvalue weighted by molar-refractivity contribution is -0.126. The molecule has 1 amide bonds. The maximum absolute atomic E-state index is 12.2. The summed E-state index contributed by atoms with van der Waals surface area (Å²) < 4.78 is 12.4. The summed E-state index contributed by atoms with van der Waals surface area (Å²) in [7, 11) is 2.13. The Balaban J connectivity index is 1.35. The fourth-order valence-corrected chi connectivity index (χ4v) is 8.05. The molecule has 2 N–H and O–H groups in total. The number of likely N-dealkylation sites (tertiary alicyclic amines) is 1. The molecule has 3 aliphatic rings. The van der Waals surface area contributed by atoms with Crippen LogP contribution < -0.4 is 15.4 Å². The van der Waals surface area contributed by atoms with Gasteiger partial charge in [-0.25, -0.2) is 0 Å². The molecule has 1 aliphatic carbocycles. The van der Waals surface area contributed by atoms with E-state index in [0.717, 1.165) is 55.5 Å². The molecule has 44 heavy (non-hydrogen) atoms. The Bertz CT molecular complexity index is 1590. The van der Waals surface area contributed by atoms with Crippen LogP contribution in [-0.2, 0) is 16.6 Å². The topological polar surface area (TPSA) is 151 Å². The summed E-state index contributed by atoms with van der Waals surface area (Å²) >= 11 is 1.47. The van der Waals surface area contributed by atoms with Gasteiger partial charge in [-0.2, -0.15) is 20.2 Å². The number of carbonyl (C=O) groups excluding carboxylic acids is 1. The maximum atomic E-state index is 12.2. The van der Waals surface area contributed by atoms with Crippen LogP contribution in [0.1, 0.15) is 67.8 Å². The van der Waals surface area contributed by atoms with E-state index in [2.05, 4.69) is 41.6 Å². The fraction of sp³-hybridized carbons (Fsp3) is 0.548. The van der Waals surface area contributed by atoms with Gasteiger partial charge in [0.1, 0.15) is 28.7 Å². The van der Waals surface area contributed by atoms with Crippen molar-refractivity contribution in [2.45, 2.75) is 69.9 Å². The maximum Gasteiger partial charge on any atom is 0.319 e. The van der Waals surface area contributed by atoms with Crippen molar-refractivity contribution in [3.63, 3.8) is 0 Å². The van der Waals surface area contributed by atoms with Crippen molar-refractivity contribution in [1.82, 2.24) is 29.9 Å². The number of nitrogens with zero attached hydrogens (tertiary/aromatic N) is 8. The van der Waals surface area contributed by atoms with Gasteiger partial charge >= 0.3 is 6.01 Å². The molecule has 3 atom stereocenters. The standard InChI is InChI=1S/C31H39N9O3S/c1-5-22(21-9-8-12-38(21)4)42-30-34-20(17-24(35-30)39-13-15-40(16-14-39)25(41)6-2)28-36-29(43-37-28)31(3)11-7-10-23-26(31)19(18-32)27(33)44-23/h6,17,21-22H,2,5,7-16,33H2,1,3-4H3/t21-,22-,31-/m0/s1. The van der Waals surface area contributed by atoms with E-state index in [9.17, 15) is 10.1 Å². The highest BCUT2D eigenvalue weighted by molar-refractivity contribution is 7.16. The summed E-state index contributed by atoms with van der Waals surface area (Å²) in [4.78, 5) is 34.0. The fourth-order valence-electron chi connectivity index (χ4n) is 6.86. The van der Waals surface area contributed by atoms with Gasteiger partial charge in [-0.15, -0.1) is 11.3 Å². The smallest absolute Gasteiger partial charge is 0.319 e. The molecular formula is C31H39N9O3S. The monoisotopic (exact) mass is 617 g/mol. The number of carbonyl (C=O) groups is 1. The van der Waals surface area contributed by atoms with Crippen LogP contribution in [0.5, 0.6) is 6.01 Å². The molecule has 3 aromatic heterocycles. The van der Waals surface area contributed by atoms with Crippen LogP contribution in [0.4, 0.5) is 10.8 Å². The summed E-state index contributed by atoms with van der Waals surface area (Å²) in [6, 6.07) is 4.71. The van der Waals surface area contributed by atoms with Gasteiger partial charge in [0.25, 0.3) is 0 Å². The molecule has 0 bridgehead atoms. The van der Waals surface area contributed by atoms with Crippen LogP contribution in [0.25, 0.3) is 11.5 Å². The summed E-state index contributed by atoms with van der Waals surface area (Å²) in [5.41, 5.74) is 7.49. The van der Waals surface area contributed by atoms with Gasteiger partial charge in [-0.1, -0.05) is 18.7 Å². The van der Waals surface area contributed by atoms with Crippen LogP contribution in [-0.4, -0.2) is 87.7 Å². The van der Waals surface area contributed by atoms with Gasteiger partial charge in [0.05, 0.1) is 11.0 Å². The molecule has 232 valence electrons. The van der Waals surface area contributed by atoms with Gasteiger partial charge in [0.15, 0.2) is 0 Å². The van der Waals surface area contributed by atoms with Crippen molar-refractivity contribution in [2.24, 2.45) is 0 Å². The normalized spacial score (nSPS) is 22.8. The van der Waals surface area contributed by atoms with Crippen molar-refractivity contribution < 1.29 is 14.1 Å². The number of aromatic nitrogens is 4.